The summed E-state index contributed by atoms with van der Waals surface area (Å²) in [6, 6.07) is 8.47. The molecule has 1 rings (SSSR count). The first-order valence-electron chi connectivity index (χ1n) is 6.92. The molecule has 1 aromatic carbocycles. The summed E-state index contributed by atoms with van der Waals surface area (Å²) in [6.07, 6.45) is 0.733. The second-order valence-corrected chi connectivity index (χ2v) is 5.95. The third kappa shape index (κ3) is 4.67. The Morgan fingerprint density at radius 2 is 1.89 bits per heavy atom. The molecule has 0 aliphatic rings. The highest BCUT2D eigenvalue weighted by atomic mass is 16.1. The lowest BCUT2D eigenvalue weighted by Crippen LogP contribution is -2.39. The smallest absolute Gasteiger partial charge is 0.222 e. The second kappa shape index (κ2) is 6.71. The quantitative estimate of drug-likeness (QED) is 0.827. The summed E-state index contributed by atoms with van der Waals surface area (Å²) in [5, 5.41) is 3.03. The maximum atomic E-state index is 11.9. The molecular formula is C16H26N2O. The molecule has 0 heterocycles. The van der Waals surface area contributed by atoms with Crippen molar-refractivity contribution in [2.45, 2.75) is 39.5 Å². The van der Waals surface area contributed by atoms with E-state index in [2.05, 4.69) is 50.4 Å². The summed E-state index contributed by atoms with van der Waals surface area (Å²) in [5.74, 6) is 0.0736. The third-order valence-electron chi connectivity index (χ3n) is 3.58. The van der Waals surface area contributed by atoms with Crippen molar-refractivity contribution in [2.75, 3.05) is 13.1 Å². The van der Waals surface area contributed by atoms with E-state index in [0.29, 0.717) is 13.1 Å². The monoisotopic (exact) mass is 262 g/mol. The predicted octanol–water partition coefficient (Wildman–Crippen LogP) is 2.37. The highest BCUT2D eigenvalue weighted by molar-refractivity contribution is 5.78. The van der Waals surface area contributed by atoms with E-state index in [-0.39, 0.29) is 17.2 Å². The van der Waals surface area contributed by atoms with Crippen LogP contribution >= 0.6 is 0 Å². The Morgan fingerprint density at radius 1 is 1.32 bits per heavy atom. The zero-order valence-electron chi connectivity index (χ0n) is 12.5. The van der Waals surface area contributed by atoms with Crippen LogP contribution in [0.15, 0.2) is 24.3 Å². The Kier molecular flexibility index (Phi) is 5.55. The maximum Gasteiger partial charge on any atom is 0.222 e. The van der Waals surface area contributed by atoms with Gasteiger partial charge in [0.2, 0.25) is 5.91 Å². The van der Waals surface area contributed by atoms with Crippen LogP contribution in [0.25, 0.3) is 0 Å². The Balaban J connectivity index is 2.60. The van der Waals surface area contributed by atoms with Crippen molar-refractivity contribution >= 4 is 5.91 Å². The SMILES string of the molecule is Cc1ccc(C(C)(C)CNC(=O)C(C)CCN)cc1. The molecule has 0 spiro atoms. The van der Waals surface area contributed by atoms with E-state index >= 15 is 0 Å². The summed E-state index contributed by atoms with van der Waals surface area (Å²) in [6.45, 7) is 9.48. The number of amides is 1. The van der Waals surface area contributed by atoms with Crippen molar-refractivity contribution < 1.29 is 4.79 Å². The van der Waals surface area contributed by atoms with E-state index in [1.807, 2.05) is 6.92 Å². The van der Waals surface area contributed by atoms with Crippen LogP contribution in [-0.4, -0.2) is 19.0 Å². The molecule has 1 amide bonds. The number of rotatable bonds is 6. The first kappa shape index (κ1) is 15.7. The molecule has 1 atom stereocenters. The van der Waals surface area contributed by atoms with Gasteiger partial charge in [-0.2, -0.15) is 0 Å². The van der Waals surface area contributed by atoms with Gasteiger partial charge < -0.3 is 11.1 Å². The largest absolute Gasteiger partial charge is 0.355 e. The number of hydrogen-bond donors (Lipinski definition) is 2. The molecule has 0 aliphatic carbocycles. The lowest BCUT2D eigenvalue weighted by Gasteiger charge is -2.26. The molecule has 0 bridgehead atoms. The minimum absolute atomic E-state index is 0.0150. The van der Waals surface area contributed by atoms with E-state index in [4.69, 9.17) is 5.73 Å². The fraction of sp³-hybridized carbons (Fsp3) is 0.562. The van der Waals surface area contributed by atoms with Crippen LogP contribution in [-0.2, 0) is 10.2 Å². The van der Waals surface area contributed by atoms with Gasteiger partial charge in [0.1, 0.15) is 0 Å². The van der Waals surface area contributed by atoms with Crippen LogP contribution in [0.2, 0.25) is 0 Å². The van der Waals surface area contributed by atoms with Gasteiger partial charge in [0.25, 0.3) is 0 Å². The van der Waals surface area contributed by atoms with Gasteiger partial charge in [0.05, 0.1) is 0 Å². The third-order valence-corrected chi connectivity index (χ3v) is 3.58. The minimum atomic E-state index is -0.0637. The normalized spacial score (nSPS) is 13.1. The molecule has 0 saturated heterocycles. The Hall–Kier alpha value is -1.35. The average Bonchev–Trinajstić information content (AvgIpc) is 2.37. The number of nitrogens with one attached hydrogen (secondary N) is 1. The van der Waals surface area contributed by atoms with Crippen molar-refractivity contribution in [3.63, 3.8) is 0 Å². The highest BCUT2D eigenvalue weighted by Crippen LogP contribution is 2.22. The fourth-order valence-corrected chi connectivity index (χ4v) is 1.97. The van der Waals surface area contributed by atoms with Crippen LogP contribution in [0.3, 0.4) is 0 Å². The molecule has 0 aliphatic heterocycles. The van der Waals surface area contributed by atoms with Crippen molar-refractivity contribution in [3.8, 4) is 0 Å². The van der Waals surface area contributed by atoms with E-state index < -0.39 is 0 Å². The van der Waals surface area contributed by atoms with Crippen molar-refractivity contribution in [1.29, 1.82) is 0 Å². The van der Waals surface area contributed by atoms with Crippen LogP contribution < -0.4 is 11.1 Å². The number of carbonyl (C=O) groups is 1. The van der Waals surface area contributed by atoms with Crippen LogP contribution in [0.1, 0.15) is 38.3 Å². The molecule has 1 aromatic rings. The zero-order chi connectivity index (χ0) is 14.5. The van der Waals surface area contributed by atoms with E-state index in [0.717, 1.165) is 6.42 Å². The van der Waals surface area contributed by atoms with Gasteiger partial charge >= 0.3 is 0 Å². The summed E-state index contributed by atoms with van der Waals surface area (Å²) < 4.78 is 0. The van der Waals surface area contributed by atoms with E-state index in [9.17, 15) is 4.79 Å². The second-order valence-electron chi connectivity index (χ2n) is 5.95. The van der Waals surface area contributed by atoms with Gasteiger partial charge in [-0.3, -0.25) is 4.79 Å². The van der Waals surface area contributed by atoms with Gasteiger partial charge in [-0.1, -0.05) is 50.6 Å². The zero-order valence-corrected chi connectivity index (χ0v) is 12.5. The number of carbonyl (C=O) groups excluding carboxylic acids is 1. The van der Waals surface area contributed by atoms with Crippen LogP contribution in [0.4, 0.5) is 0 Å². The summed E-state index contributed by atoms with van der Waals surface area (Å²) in [7, 11) is 0. The molecule has 0 fully saturated rings. The average molecular weight is 262 g/mol. The molecular weight excluding hydrogens is 236 g/mol. The molecule has 3 heteroatoms. The fourth-order valence-electron chi connectivity index (χ4n) is 1.97. The molecule has 0 aromatic heterocycles. The van der Waals surface area contributed by atoms with E-state index in [1.165, 1.54) is 11.1 Å². The summed E-state index contributed by atoms with van der Waals surface area (Å²) >= 11 is 0. The summed E-state index contributed by atoms with van der Waals surface area (Å²) in [5.41, 5.74) is 7.90. The molecule has 1 unspecified atom stereocenters. The molecule has 3 nitrogen and oxygen atoms in total. The Bertz CT molecular complexity index is 409. The lowest BCUT2D eigenvalue weighted by atomic mass is 9.84. The van der Waals surface area contributed by atoms with Gasteiger partial charge in [-0.15, -0.1) is 0 Å². The summed E-state index contributed by atoms with van der Waals surface area (Å²) in [4.78, 5) is 11.9. The molecule has 19 heavy (non-hydrogen) atoms. The number of benzene rings is 1. The van der Waals surface area contributed by atoms with Gasteiger partial charge in [0, 0.05) is 17.9 Å². The van der Waals surface area contributed by atoms with Crippen molar-refractivity contribution in [1.82, 2.24) is 5.32 Å². The standard InChI is InChI=1S/C16H26N2O/c1-12-5-7-14(8-6-12)16(3,4)11-18-15(19)13(2)9-10-17/h5-8,13H,9-11,17H2,1-4H3,(H,18,19). The topological polar surface area (TPSA) is 55.1 Å². The van der Waals surface area contributed by atoms with Gasteiger partial charge in [0.15, 0.2) is 0 Å². The van der Waals surface area contributed by atoms with Crippen molar-refractivity contribution in [3.05, 3.63) is 35.4 Å². The molecule has 106 valence electrons. The highest BCUT2D eigenvalue weighted by Gasteiger charge is 2.22. The molecule has 0 saturated carbocycles. The number of aryl methyl sites for hydroxylation is 1. The lowest BCUT2D eigenvalue weighted by molar-refractivity contribution is -0.124. The predicted molar refractivity (Wildman–Crippen MR) is 80.1 cm³/mol. The molecule has 3 N–H and O–H groups in total. The number of nitrogens with two attached hydrogens (primary N) is 1. The van der Waals surface area contributed by atoms with E-state index in [1.54, 1.807) is 0 Å². The first-order chi connectivity index (χ1) is 8.86. The Labute approximate surface area is 116 Å². The maximum absolute atomic E-state index is 11.9. The van der Waals surface area contributed by atoms with Gasteiger partial charge in [-0.25, -0.2) is 0 Å². The minimum Gasteiger partial charge on any atom is -0.355 e. The molecule has 0 radical (unpaired) electrons. The van der Waals surface area contributed by atoms with Crippen molar-refractivity contribution in [2.24, 2.45) is 11.7 Å². The van der Waals surface area contributed by atoms with Crippen LogP contribution in [0.5, 0.6) is 0 Å². The van der Waals surface area contributed by atoms with Gasteiger partial charge in [-0.05, 0) is 25.5 Å². The number of hydrogen-bond acceptors (Lipinski definition) is 2. The first-order valence-corrected chi connectivity index (χ1v) is 6.92. The van der Waals surface area contributed by atoms with Crippen LogP contribution in [0, 0.1) is 12.8 Å². The Morgan fingerprint density at radius 3 is 2.42 bits per heavy atom.